The molecule has 7 nitrogen and oxygen atoms in total. The van der Waals surface area contributed by atoms with Gasteiger partial charge >= 0.3 is 12.1 Å². The van der Waals surface area contributed by atoms with Crippen LogP contribution in [0.4, 0.5) is 26.7 Å². The molecule has 0 spiro atoms. The smallest absolute Gasteiger partial charge is 0.323 e. The summed E-state index contributed by atoms with van der Waals surface area (Å²) < 4.78 is 5.46. The third-order valence-corrected chi connectivity index (χ3v) is 4.64. The third kappa shape index (κ3) is 6.02. The number of amides is 4. The molecule has 0 aromatic heterocycles. The van der Waals surface area contributed by atoms with Crippen LogP contribution in [0.5, 0.6) is 0 Å². The Hall–Kier alpha value is -2.48. The van der Waals surface area contributed by atoms with E-state index < -0.39 is 6.03 Å². The molecule has 148 valence electrons. The molecule has 1 aliphatic rings. The van der Waals surface area contributed by atoms with E-state index in [0.29, 0.717) is 33.7 Å². The Morgan fingerprint density at radius 1 is 0.964 bits per heavy atom. The lowest BCUT2D eigenvalue weighted by atomic mass is 10.2. The number of carbonyl (C=O) groups excluding carboxylic acids is 2. The maximum absolute atomic E-state index is 12.1. The van der Waals surface area contributed by atoms with Gasteiger partial charge in [0.25, 0.3) is 0 Å². The minimum absolute atomic E-state index is 0.0879. The van der Waals surface area contributed by atoms with Gasteiger partial charge < -0.3 is 26.0 Å². The number of hydrogen-bond acceptors (Lipinski definition) is 3. The lowest BCUT2D eigenvalue weighted by Crippen LogP contribution is -2.35. The summed E-state index contributed by atoms with van der Waals surface area (Å²) in [5, 5.41) is 11.7. The van der Waals surface area contributed by atoms with Crippen LogP contribution in [0.1, 0.15) is 12.8 Å². The van der Waals surface area contributed by atoms with Crippen molar-refractivity contribution < 1.29 is 14.3 Å². The first-order valence-electron chi connectivity index (χ1n) is 8.79. The maximum Gasteiger partial charge on any atom is 0.323 e. The van der Waals surface area contributed by atoms with Gasteiger partial charge in [0, 0.05) is 29.5 Å². The summed E-state index contributed by atoms with van der Waals surface area (Å²) in [7, 11) is 0. The lowest BCUT2D eigenvalue weighted by Gasteiger charge is -2.12. The van der Waals surface area contributed by atoms with Crippen LogP contribution in [0.15, 0.2) is 42.5 Å². The number of carbonyl (C=O) groups is 2. The first-order chi connectivity index (χ1) is 13.5. The highest BCUT2D eigenvalue weighted by Gasteiger charge is 2.16. The van der Waals surface area contributed by atoms with Gasteiger partial charge in [0.15, 0.2) is 0 Å². The number of nitrogens with one attached hydrogen (secondary N) is 4. The Bertz CT molecular complexity index is 840. The molecule has 1 atom stereocenters. The van der Waals surface area contributed by atoms with Crippen molar-refractivity contribution in [2.24, 2.45) is 0 Å². The first-order valence-corrected chi connectivity index (χ1v) is 9.55. The monoisotopic (exact) mass is 422 g/mol. The molecule has 3 rings (SSSR count). The average molecular weight is 423 g/mol. The molecule has 2 aromatic carbocycles. The molecule has 2 aromatic rings. The van der Waals surface area contributed by atoms with Crippen molar-refractivity contribution in [2.45, 2.75) is 18.9 Å². The Labute approximate surface area is 172 Å². The highest BCUT2D eigenvalue weighted by molar-refractivity contribution is 6.36. The van der Waals surface area contributed by atoms with Crippen LogP contribution in [0.25, 0.3) is 0 Å². The molecule has 1 fully saturated rings. The topological polar surface area (TPSA) is 91.5 Å². The van der Waals surface area contributed by atoms with Crippen molar-refractivity contribution in [3.05, 3.63) is 52.5 Å². The van der Waals surface area contributed by atoms with Gasteiger partial charge in [-0.15, -0.1) is 0 Å². The normalized spacial score (nSPS) is 15.7. The van der Waals surface area contributed by atoms with E-state index in [0.717, 1.165) is 19.4 Å². The molecule has 0 aliphatic carbocycles. The van der Waals surface area contributed by atoms with Gasteiger partial charge in [-0.3, -0.25) is 0 Å². The highest BCUT2D eigenvalue weighted by atomic mass is 35.5. The van der Waals surface area contributed by atoms with E-state index in [2.05, 4.69) is 21.3 Å². The Balaban J connectivity index is 1.46. The molecule has 0 radical (unpaired) electrons. The standard InChI is InChI=1S/C19H20Cl2N4O3/c20-12-3-8-17(16(21)10-12)25-19(27)24-14-6-4-13(5-7-14)23-18(26)22-11-15-2-1-9-28-15/h3-8,10,15H,1-2,9,11H2,(H2,22,23,26)(H2,24,25,27). The number of halogens is 2. The summed E-state index contributed by atoms with van der Waals surface area (Å²) in [5.41, 5.74) is 1.62. The minimum atomic E-state index is -0.445. The van der Waals surface area contributed by atoms with E-state index in [1.807, 2.05) is 0 Å². The molecule has 1 unspecified atom stereocenters. The van der Waals surface area contributed by atoms with Crippen LogP contribution in [-0.2, 0) is 4.74 Å². The molecule has 0 saturated carbocycles. The van der Waals surface area contributed by atoms with Gasteiger partial charge in [-0.1, -0.05) is 23.2 Å². The van der Waals surface area contributed by atoms with E-state index in [9.17, 15) is 9.59 Å². The van der Waals surface area contributed by atoms with Gasteiger partial charge in [-0.2, -0.15) is 0 Å². The van der Waals surface area contributed by atoms with Crippen molar-refractivity contribution in [1.29, 1.82) is 0 Å². The predicted molar refractivity (Wildman–Crippen MR) is 112 cm³/mol. The fourth-order valence-electron chi connectivity index (χ4n) is 2.70. The average Bonchev–Trinajstić information content (AvgIpc) is 3.18. The third-order valence-electron chi connectivity index (χ3n) is 4.09. The summed E-state index contributed by atoms with van der Waals surface area (Å²) in [6.07, 6.45) is 2.08. The molecule has 28 heavy (non-hydrogen) atoms. The molecule has 4 amide bonds. The van der Waals surface area contributed by atoms with Crippen LogP contribution in [0.2, 0.25) is 10.0 Å². The maximum atomic E-state index is 12.1. The first kappa shape index (κ1) is 20.3. The summed E-state index contributed by atoms with van der Waals surface area (Å²) in [4.78, 5) is 24.0. The van der Waals surface area contributed by atoms with Gasteiger partial charge in [0.1, 0.15) is 0 Å². The second kappa shape index (κ2) is 9.64. The van der Waals surface area contributed by atoms with Crippen LogP contribution >= 0.6 is 23.2 Å². The van der Waals surface area contributed by atoms with Gasteiger partial charge in [0.2, 0.25) is 0 Å². The van der Waals surface area contributed by atoms with Gasteiger partial charge in [0.05, 0.1) is 16.8 Å². The van der Waals surface area contributed by atoms with Crippen molar-refractivity contribution in [2.75, 3.05) is 29.1 Å². The number of urea groups is 2. The molecular formula is C19H20Cl2N4O3. The quantitative estimate of drug-likeness (QED) is 0.549. The Kier molecular flexibility index (Phi) is 6.97. The predicted octanol–water partition coefficient (Wildman–Crippen LogP) is 4.94. The van der Waals surface area contributed by atoms with Crippen LogP contribution in [0.3, 0.4) is 0 Å². The lowest BCUT2D eigenvalue weighted by molar-refractivity contribution is 0.112. The number of benzene rings is 2. The highest BCUT2D eigenvalue weighted by Crippen LogP contribution is 2.25. The van der Waals surface area contributed by atoms with Crippen LogP contribution in [-0.4, -0.2) is 31.3 Å². The van der Waals surface area contributed by atoms with Gasteiger partial charge in [-0.25, -0.2) is 9.59 Å². The van der Waals surface area contributed by atoms with E-state index in [1.165, 1.54) is 0 Å². The molecule has 1 aliphatic heterocycles. The molecular weight excluding hydrogens is 403 g/mol. The van der Waals surface area contributed by atoms with Crippen molar-refractivity contribution in [1.82, 2.24) is 5.32 Å². The van der Waals surface area contributed by atoms with Crippen molar-refractivity contribution in [3.63, 3.8) is 0 Å². The van der Waals surface area contributed by atoms with E-state index in [-0.39, 0.29) is 12.1 Å². The van der Waals surface area contributed by atoms with Crippen molar-refractivity contribution in [3.8, 4) is 0 Å². The number of rotatable bonds is 5. The Morgan fingerprint density at radius 3 is 2.25 bits per heavy atom. The molecule has 9 heteroatoms. The molecule has 4 N–H and O–H groups in total. The van der Waals surface area contributed by atoms with E-state index >= 15 is 0 Å². The van der Waals surface area contributed by atoms with Crippen molar-refractivity contribution >= 4 is 52.3 Å². The van der Waals surface area contributed by atoms with Crippen LogP contribution in [0, 0.1) is 0 Å². The molecule has 0 bridgehead atoms. The Morgan fingerprint density at radius 2 is 1.64 bits per heavy atom. The summed E-state index contributed by atoms with van der Waals surface area (Å²) in [6.45, 7) is 1.24. The second-order valence-corrected chi connectivity index (χ2v) is 7.09. The zero-order chi connectivity index (χ0) is 19.9. The largest absolute Gasteiger partial charge is 0.376 e. The minimum Gasteiger partial charge on any atom is -0.376 e. The fraction of sp³-hybridized carbons (Fsp3) is 0.263. The van der Waals surface area contributed by atoms with Gasteiger partial charge in [-0.05, 0) is 55.3 Å². The molecule has 1 heterocycles. The van der Waals surface area contributed by atoms with E-state index in [1.54, 1.807) is 42.5 Å². The van der Waals surface area contributed by atoms with E-state index in [4.69, 9.17) is 27.9 Å². The number of ether oxygens (including phenoxy) is 1. The number of hydrogen-bond donors (Lipinski definition) is 4. The summed E-state index contributed by atoms with van der Waals surface area (Å²) in [6, 6.07) is 10.8. The fourth-order valence-corrected chi connectivity index (χ4v) is 3.16. The van der Waals surface area contributed by atoms with Crippen LogP contribution < -0.4 is 21.3 Å². The second-order valence-electron chi connectivity index (χ2n) is 6.25. The SMILES string of the molecule is O=C(NCC1CCCO1)Nc1ccc(NC(=O)Nc2ccc(Cl)cc2Cl)cc1. The summed E-state index contributed by atoms with van der Waals surface area (Å²) >= 11 is 11.9. The zero-order valence-corrected chi connectivity index (χ0v) is 16.4. The molecule has 1 saturated heterocycles. The summed E-state index contributed by atoms with van der Waals surface area (Å²) in [5.74, 6) is 0. The zero-order valence-electron chi connectivity index (χ0n) is 14.9. The number of anilines is 3.